The number of nitrogens with zero attached hydrogens (tertiary/aromatic N) is 2. The normalized spacial score (nSPS) is 22.2. The van der Waals surface area contributed by atoms with Crippen LogP contribution in [0.5, 0.6) is 0 Å². The number of amidine groups is 1. The summed E-state index contributed by atoms with van der Waals surface area (Å²) in [7, 11) is 1.53. The van der Waals surface area contributed by atoms with Crippen molar-refractivity contribution in [2.24, 2.45) is 10.7 Å². The van der Waals surface area contributed by atoms with E-state index in [1.165, 1.54) is 7.11 Å². The fourth-order valence-electron chi connectivity index (χ4n) is 4.47. The number of hydrogen-bond acceptors (Lipinski definition) is 9. The number of esters is 2. The summed E-state index contributed by atoms with van der Waals surface area (Å²) in [4.78, 5) is 29.9. The number of aryl methyl sites for hydroxylation is 2. The lowest BCUT2D eigenvalue weighted by Gasteiger charge is -2.24. The average molecular weight is 519 g/mol. The second kappa shape index (κ2) is 10.7. The van der Waals surface area contributed by atoms with Gasteiger partial charge in [0, 0.05) is 19.7 Å². The smallest absolute Gasteiger partial charge is 0.338 e. The molecular weight excluding hydrogens is 488 g/mol. The van der Waals surface area contributed by atoms with Gasteiger partial charge in [-0.25, -0.2) is 14.6 Å². The third-order valence-corrected chi connectivity index (χ3v) is 6.63. The zero-order valence-corrected chi connectivity index (χ0v) is 21.4. The maximum atomic E-state index is 12.9. The lowest BCUT2D eigenvalue weighted by Crippen LogP contribution is -2.32. The monoisotopic (exact) mass is 518 g/mol. The number of nitrogens with two attached hydrogens (primary N) is 1. The van der Waals surface area contributed by atoms with Crippen LogP contribution in [-0.2, 0) is 18.9 Å². The highest BCUT2D eigenvalue weighted by atomic mass is 16.6. The van der Waals surface area contributed by atoms with E-state index >= 15 is 0 Å². The minimum Gasteiger partial charge on any atom is -0.459 e. The molecule has 1 saturated heterocycles. The van der Waals surface area contributed by atoms with Crippen LogP contribution in [-0.4, -0.2) is 54.6 Å². The molecule has 0 radical (unpaired) electrons. The molecule has 4 atom stereocenters. The first-order chi connectivity index (χ1) is 18.3. The average Bonchev–Trinajstić information content (AvgIpc) is 3.52. The Morgan fingerprint density at radius 1 is 1.03 bits per heavy atom. The van der Waals surface area contributed by atoms with Crippen molar-refractivity contribution in [3.8, 4) is 0 Å². The molecule has 198 valence electrons. The number of rotatable bonds is 7. The lowest BCUT2D eigenvalue weighted by molar-refractivity contribution is -0.0567. The Labute approximate surface area is 220 Å². The minimum absolute atomic E-state index is 0.0871. The van der Waals surface area contributed by atoms with Crippen LogP contribution in [0.3, 0.4) is 0 Å². The molecular formula is C28H30N4O6. The first kappa shape index (κ1) is 25.5. The molecule has 0 aliphatic carbocycles. The first-order valence-corrected chi connectivity index (χ1v) is 12.3. The number of fused-ring (bicyclic) bond motifs is 1. The van der Waals surface area contributed by atoms with E-state index in [2.05, 4.69) is 10.3 Å². The van der Waals surface area contributed by atoms with Crippen molar-refractivity contribution >= 4 is 23.6 Å². The van der Waals surface area contributed by atoms with Crippen molar-refractivity contribution in [3.63, 3.8) is 0 Å². The van der Waals surface area contributed by atoms with Gasteiger partial charge in [-0.15, -0.1) is 0 Å². The van der Waals surface area contributed by atoms with E-state index in [0.717, 1.165) is 11.1 Å². The summed E-state index contributed by atoms with van der Waals surface area (Å²) in [5.74, 6) is 0.0636. The number of hydrogen-bond donors (Lipinski definition) is 2. The maximum absolute atomic E-state index is 12.9. The van der Waals surface area contributed by atoms with Gasteiger partial charge in [0.05, 0.1) is 16.7 Å². The number of carbonyl (C=O) groups is 2. The second-order valence-corrected chi connectivity index (χ2v) is 9.37. The van der Waals surface area contributed by atoms with Crippen molar-refractivity contribution < 1.29 is 28.5 Å². The molecule has 1 aromatic heterocycles. The highest BCUT2D eigenvalue weighted by Gasteiger charge is 2.41. The number of anilines is 1. The van der Waals surface area contributed by atoms with Crippen LogP contribution in [0, 0.1) is 13.8 Å². The molecule has 3 aromatic rings. The molecule has 5 rings (SSSR count). The summed E-state index contributed by atoms with van der Waals surface area (Å²) in [6.07, 6.45) is -0.350. The summed E-state index contributed by atoms with van der Waals surface area (Å²) in [6, 6.07) is 16.1. The van der Waals surface area contributed by atoms with Crippen LogP contribution >= 0.6 is 0 Å². The van der Waals surface area contributed by atoms with E-state index in [1.54, 1.807) is 24.3 Å². The van der Waals surface area contributed by atoms with Gasteiger partial charge in [0.25, 0.3) is 0 Å². The van der Waals surface area contributed by atoms with Crippen molar-refractivity contribution in [1.82, 2.24) is 4.57 Å². The van der Waals surface area contributed by atoms with Gasteiger partial charge in [-0.05, 0) is 44.2 Å². The van der Waals surface area contributed by atoms with Gasteiger partial charge in [-0.3, -0.25) is 0 Å². The lowest BCUT2D eigenvalue weighted by atomic mass is 10.1. The Hall–Kier alpha value is -4.15. The van der Waals surface area contributed by atoms with Gasteiger partial charge >= 0.3 is 11.9 Å². The zero-order valence-electron chi connectivity index (χ0n) is 21.4. The van der Waals surface area contributed by atoms with E-state index in [4.69, 9.17) is 24.7 Å². The third-order valence-electron chi connectivity index (χ3n) is 6.63. The van der Waals surface area contributed by atoms with Crippen LogP contribution < -0.4 is 11.1 Å². The third kappa shape index (κ3) is 5.27. The summed E-state index contributed by atoms with van der Waals surface area (Å²) >= 11 is 0. The fraction of sp³-hybridized carbons (Fsp3) is 0.321. The van der Waals surface area contributed by atoms with Crippen LogP contribution in [0.4, 0.5) is 5.82 Å². The molecule has 2 aliphatic heterocycles. The molecule has 2 aromatic carbocycles. The predicted octanol–water partition coefficient (Wildman–Crippen LogP) is 3.54. The Kier molecular flexibility index (Phi) is 7.17. The van der Waals surface area contributed by atoms with Crippen LogP contribution in [0.15, 0.2) is 65.8 Å². The van der Waals surface area contributed by atoms with Gasteiger partial charge < -0.3 is 34.6 Å². The topological polar surface area (TPSA) is 126 Å². The Morgan fingerprint density at radius 2 is 1.66 bits per heavy atom. The molecule has 10 heteroatoms. The molecule has 0 bridgehead atoms. The number of ether oxygens (including phenoxy) is 4. The number of aliphatic imine (C=N–C) groups is 1. The van der Waals surface area contributed by atoms with Crippen molar-refractivity contribution in [2.45, 2.75) is 45.1 Å². The molecule has 0 amide bonds. The summed E-state index contributed by atoms with van der Waals surface area (Å²) < 4.78 is 24.9. The number of methoxy groups -OCH3 is 1. The first-order valence-electron chi connectivity index (χ1n) is 12.3. The molecule has 10 nitrogen and oxygen atoms in total. The number of benzene rings is 2. The van der Waals surface area contributed by atoms with E-state index in [-0.39, 0.29) is 6.61 Å². The fourth-order valence-corrected chi connectivity index (χ4v) is 4.47. The van der Waals surface area contributed by atoms with Crippen LogP contribution in [0.1, 0.15) is 50.1 Å². The Balaban J connectivity index is 1.35. The highest BCUT2D eigenvalue weighted by Crippen LogP contribution is 2.36. The quantitative estimate of drug-likeness (QED) is 0.455. The van der Waals surface area contributed by atoms with Gasteiger partial charge in [-0.1, -0.05) is 35.4 Å². The van der Waals surface area contributed by atoms with E-state index in [1.807, 2.05) is 54.9 Å². The van der Waals surface area contributed by atoms with Crippen molar-refractivity contribution in [1.29, 1.82) is 0 Å². The maximum Gasteiger partial charge on any atom is 0.338 e. The second-order valence-electron chi connectivity index (χ2n) is 9.37. The van der Waals surface area contributed by atoms with Gasteiger partial charge in [0.2, 0.25) is 6.35 Å². The van der Waals surface area contributed by atoms with Crippen LogP contribution in [0.2, 0.25) is 0 Å². The molecule has 0 spiro atoms. The molecule has 1 fully saturated rings. The van der Waals surface area contributed by atoms with E-state index < -0.39 is 36.7 Å². The number of nitrogens with one attached hydrogen (secondary N) is 1. The highest BCUT2D eigenvalue weighted by molar-refractivity contribution is 6.03. The predicted molar refractivity (Wildman–Crippen MR) is 140 cm³/mol. The van der Waals surface area contributed by atoms with Gasteiger partial charge in [0.15, 0.2) is 0 Å². The van der Waals surface area contributed by atoms with Gasteiger partial charge in [0.1, 0.15) is 36.7 Å². The number of aromatic nitrogens is 1. The molecule has 38 heavy (non-hydrogen) atoms. The summed E-state index contributed by atoms with van der Waals surface area (Å²) in [6.45, 7) is 3.80. The molecule has 3 N–H and O–H groups in total. The van der Waals surface area contributed by atoms with Crippen molar-refractivity contribution in [2.75, 3.05) is 19.0 Å². The Bertz CT molecular complexity index is 1350. The van der Waals surface area contributed by atoms with Gasteiger partial charge in [-0.2, -0.15) is 0 Å². The van der Waals surface area contributed by atoms with Crippen LogP contribution in [0.25, 0.3) is 0 Å². The summed E-state index contributed by atoms with van der Waals surface area (Å²) in [5, 5.41) is 3.18. The molecule has 3 heterocycles. The standard InChI is InChI=1S/C28H30N4O6/c1-16-4-8-18(9-5-16)26(33)36-15-22-21(38-27(34)19-10-6-17(2)7-11-19)14-23(37-22)32-13-12-20-24(29)30-28(35-3)31-25(20)32/h4-13,21-23,28,31H,14-15H2,1-3H3,(H2,29,30)/t21-,22+,23+,28?/m0/s1. The largest absolute Gasteiger partial charge is 0.459 e. The summed E-state index contributed by atoms with van der Waals surface area (Å²) in [5.41, 5.74) is 9.77. The molecule has 1 unspecified atom stereocenters. The molecule has 0 saturated carbocycles. The van der Waals surface area contributed by atoms with E-state index in [0.29, 0.717) is 34.8 Å². The zero-order chi connectivity index (χ0) is 26.8. The SMILES string of the molecule is COC1N=C(N)c2ccn([C@H]3C[C@H](OC(=O)c4ccc(C)cc4)[C@@H](COC(=O)c4ccc(C)cc4)O3)c2N1. The minimum atomic E-state index is -0.685. The van der Waals surface area contributed by atoms with E-state index in [9.17, 15) is 9.59 Å². The Morgan fingerprint density at radius 3 is 2.29 bits per heavy atom. The molecule has 2 aliphatic rings. The number of carbonyl (C=O) groups excluding carboxylic acids is 2. The van der Waals surface area contributed by atoms with Crippen molar-refractivity contribution in [3.05, 3.63) is 88.6 Å².